The lowest BCUT2D eigenvalue weighted by molar-refractivity contribution is -0.145. The van der Waals surface area contributed by atoms with Crippen LogP contribution in [0.4, 0.5) is 0 Å². The molecule has 0 fully saturated rings. The van der Waals surface area contributed by atoms with Crippen LogP contribution in [0.1, 0.15) is 33.1 Å². The van der Waals surface area contributed by atoms with Crippen LogP contribution in [-0.2, 0) is 9.53 Å². The third kappa shape index (κ3) is 7.33. The van der Waals surface area contributed by atoms with Crippen LogP contribution in [0.5, 0.6) is 0 Å². The molecule has 0 amide bonds. The van der Waals surface area contributed by atoms with E-state index in [9.17, 15) is 4.79 Å². The van der Waals surface area contributed by atoms with E-state index in [1.165, 1.54) is 6.92 Å². The summed E-state index contributed by atoms with van der Waals surface area (Å²) < 4.78 is 4.88. The summed E-state index contributed by atoms with van der Waals surface area (Å²) in [6, 6.07) is 0. The van der Waals surface area contributed by atoms with Crippen LogP contribution < -0.4 is 0 Å². The van der Waals surface area contributed by atoms with Gasteiger partial charge in [0.05, 0.1) is 6.10 Å². The summed E-state index contributed by atoms with van der Waals surface area (Å²) in [7, 11) is 0. The summed E-state index contributed by atoms with van der Waals surface area (Å²) in [4.78, 5) is 10.4. The summed E-state index contributed by atoms with van der Waals surface area (Å²) in [5.74, 6) is -0.235. The minimum Gasteiger partial charge on any atom is -0.463 e. The third-order valence-electron chi connectivity index (χ3n) is 1.39. The SMILES string of the molecule is CC(=O)O[C@@H](C)CCCCO. The first-order valence-electron chi connectivity index (χ1n) is 3.95. The molecule has 0 heterocycles. The highest BCUT2D eigenvalue weighted by atomic mass is 16.5. The first-order valence-corrected chi connectivity index (χ1v) is 3.95. The zero-order valence-electron chi connectivity index (χ0n) is 7.17. The summed E-state index contributed by atoms with van der Waals surface area (Å²) >= 11 is 0. The Hall–Kier alpha value is -0.570. The van der Waals surface area contributed by atoms with Gasteiger partial charge in [0.15, 0.2) is 0 Å². The second-order valence-corrected chi connectivity index (χ2v) is 2.64. The molecule has 0 aliphatic rings. The Bertz CT molecular complexity index is 112. The molecule has 0 aromatic heterocycles. The zero-order valence-corrected chi connectivity index (χ0v) is 7.17. The molecule has 0 unspecified atom stereocenters. The number of ether oxygens (including phenoxy) is 1. The highest BCUT2D eigenvalue weighted by molar-refractivity contribution is 5.66. The van der Waals surface area contributed by atoms with Crippen molar-refractivity contribution in [1.82, 2.24) is 0 Å². The fourth-order valence-electron chi connectivity index (χ4n) is 0.886. The first kappa shape index (κ1) is 10.4. The molecule has 3 nitrogen and oxygen atoms in total. The molecule has 0 bridgehead atoms. The molecule has 0 radical (unpaired) electrons. The highest BCUT2D eigenvalue weighted by Crippen LogP contribution is 2.03. The van der Waals surface area contributed by atoms with Gasteiger partial charge in [-0.2, -0.15) is 0 Å². The van der Waals surface area contributed by atoms with E-state index in [0.717, 1.165) is 19.3 Å². The maximum absolute atomic E-state index is 10.4. The van der Waals surface area contributed by atoms with Gasteiger partial charge in [-0.1, -0.05) is 0 Å². The van der Waals surface area contributed by atoms with E-state index in [0.29, 0.717) is 0 Å². The van der Waals surface area contributed by atoms with Gasteiger partial charge < -0.3 is 9.84 Å². The number of esters is 1. The standard InChI is InChI=1S/C8H16O3/c1-7(11-8(2)10)5-3-4-6-9/h7,9H,3-6H2,1-2H3/t7-/m0/s1. The molecular weight excluding hydrogens is 144 g/mol. The van der Waals surface area contributed by atoms with Crippen molar-refractivity contribution in [2.75, 3.05) is 6.61 Å². The van der Waals surface area contributed by atoms with Crippen molar-refractivity contribution in [3.8, 4) is 0 Å². The van der Waals surface area contributed by atoms with Gasteiger partial charge in [-0.05, 0) is 26.2 Å². The Morgan fingerprint density at radius 3 is 2.64 bits per heavy atom. The number of carbonyl (C=O) groups excluding carboxylic acids is 1. The van der Waals surface area contributed by atoms with E-state index in [1.54, 1.807) is 0 Å². The predicted molar refractivity (Wildman–Crippen MR) is 42.2 cm³/mol. The van der Waals surface area contributed by atoms with Crippen LogP contribution in [0.15, 0.2) is 0 Å². The first-order chi connectivity index (χ1) is 5.16. The zero-order chi connectivity index (χ0) is 8.69. The Kier molecular flexibility index (Phi) is 5.84. The lowest BCUT2D eigenvalue weighted by Gasteiger charge is -2.10. The van der Waals surface area contributed by atoms with Crippen molar-refractivity contribution in [2.45, 2.75) is 39.2 Å². The maximum Gasteiger partial charge on any atom is 0.302 e. The van der Waals surface area contributed by atoms with E-state index in [1.807, 2.05) is 6.92 Å². The molecule has 0 saturated carbocycles. The summed E-state index contributed by atoms with van der Waals surface area (Å²) in [5, 5.41) is 8.45. The minimum atomic E-state index is -0.235. The Morgan fingerprint density at radius 2 is 2.18 bits per heavy atom. The van der Waals surface area contributed by atoms with Gasteiger partial charge in [0.2, 0.25) is 0 Å². The predicted octanol–water partition coefficient (Wildman–Crippen LogP) is 1.10. The van der Waals surface area contributed by atoms with Gasteiger partial charge >= 0.3 is 5.97 Å². The lowest BCUT2D eigenvalue weighted by atomic mass is 10.2. The van der Waals surface area contributed by atoms with Crippen LogP contribution in [0.2, 0.25) is 0 Å². The summed E-state index contributed by atoms with van der Waals surface area (Å²) in [6.45, 7) is 3.48. The number of rotatable bonds is 5. The minimum absolute atomic E-state index is 0.0148. The van der Waals surface area contributed by atoms with E-state index >= 15 is 0 Å². The number of unbranched alkanes of at least 4 members (excludes halogenated alkanes) is 1. The summed E-state index contributed by atoms with van der Waals surface area (Å²) in [5.41, 5.74) is 0. The molecule has 1 atom stereocenters. The lowest BCUT2D eigenvalue weighted by Crippen LogP contribution is -2.11. The molecular formula is C8H16O3. The number of aliphatic hydroxyl groups excluding tert-OH is 1. The van der Waals surface area contributed by atoms with Gasteiger partial charge in [-0.15, -0.1) is 0 Å². The molecule has 66 valence electrons. The largest absolute Gasteiger partial charge is 0.463 e. The van der Waals surface area contributed by atoms with Crippen molar-refractivity contribution >= 4 is 5.97 Å². The van der Waals surface area contributed by atoms with Gasteiger partial charge in [0.1, 0.15) is 0 Å². The topological polar surface area (TPSA) is 46.5 Å². The Morgan fingerprint density at radius 1 is 1.55 bits per heavy atom. The molecule has 0 aliphatic carbocycles. The molecule has 0 saturated heterocycles. The van der Waals surface area contributed by atoms with E-state index in [-0.39, 0.29) is 18.7 Å². The van der Waals surface area contributed by atoms with E-state index < -0.39 is 0 Å². The smallest absolute Gasteiger partial charge is 0.302 e. The second kappa shape index (κ2) is 6.16. The summed E-state index contributed by atoms with van der Waals surface area (Å²) in [6.07, 6.45) is 2.51. The van der Waals surface area contributed by atoms with Crippen LogP contribution in [-0.4, -0.2) is 23.8 Å². The fraction of sp³-hybridized carbons (Fsp3) is 0.875. The third-order valence-corrected chi connectivity index (χ3v) is 1.39. The van der Waals surface area contributed by atoms with Gasteiger partial charge in [-0.3, -0.25) is 4.79 Å². The maximum atomic E-state index is 10.4. The average Bonchev–Trinajstić information content (AvgIpc) is 1.86. The number of hydrogen-bond donors (Lipinski definition) is 1. The van der Waals surface area contributed by atoms with Crippen molar-refractivity contribution in [1.29, 1.82) is 0 Å². The highest BCUT2D eigenvalue weighted by Gasteiger charge is 2.03. The normalized spacial score (nSPS) is 12.6. The molecule has 0 aromatic rings. The molecule has 0 aromatic carbocycles. The van der Waals surface area contributed by atoms with Crippen LogP contribution >= 0.6 is 0 Å². The van der Waals surface area contributed by atoms with Gasteiger partial charge in [0, 0.05) is 13.5 Å². The van der Waals surface area contributed by atoms with Crippen molar-refractivity contribution in [3.63, 3.8) is 0 Å². The Labute approximate surface area is 67.4 Å². The molecule has 11 heavy (non-hydrogen) atoms. The van der Waals surface area contributed by atoms with Crippen LogP contribution in [0.25, 0.3) is 0 Å². The number of carbonyl (C=O) groups is 1. The molecule has 3 heteroatoms. The molecule has 0 rings (SSSR count). The van der Waals surface area contributed by atoms with Crippen LogP contribution in [0, 0.1) is 0 Å². The van der Waals surface area contributed by atoms with Crippen LogP contribution in [0.3, 0.4) is 0 Å². The van der Waals surface area contributed by atoms with Crippen molar-refractivity contribution in [2.24, 2.45) is 0 Å². The average molecular weight is 160 g/mol. The monoisotopic (exact) mass is 160 g/mol. The Balaban J connectivity index is 3.22. The fourth-order valence-corrected chi connectivity index (χ4v) is 0.886. The number of hydrogen-bond acceptors (Lipinski definition) is 3. The van der Waals surface area contributed by atoms with Gasteiger partial charge in [-0.25, -0.2) is 0 Å². The molecule has 0 spiro atoms. The van der Waals surface area contributed by atoms with Crippen molar-refractivity contribution in [3.05, 3.63) is 0 Å². The second-order valence-electron chi connectivity index (χ2n) is 2.64. The van der Waals surface area contributed by atoms with E-state index in [2.05, 4.69) is 0 Å². The van der Waals surface area contributed by atoms with E-state index in [4.69, 9.17) is 9.84 Å². The molecule has 1 N–H and O–H groups in total. The number of aliphatic hydroxyl groups is 1. The quantitative estimate of drug-likeness (QED) is 0.484. The molecule has 0 aliphatic heterocycles. The van der Waals surface area contributed by atoms with Crippen molar-refractivity contribution < 1.29 is 14.6 Å². The van der Waals surface area contributed by atoms with Gasteiger partial charge in [0.25, 0.3) is 0 Å².